The van der Waals surface area contributed by atoms with Crippen LogP contribution in [-0.2, 0) is 21.7 Å². The van der Waals surface area contributed by atoms with Crippen LogP contribution in [0.15, 0.2) is 22.6 Å². The summed E-state index contributed by atoms with van der Waals surface area (Å²) in [5.74, 6) is -0.0871. The Morgan fingerprint density at radius 2 is 1.92 bits per heavy atom. The maximum atomic E-state index is 12.6. The fraction of sp³-hybridized carbons (Fsp3) is 0.500. The lowest BCUT2D eigenvalue weighted by Crippen LogP contribution is -2.49. The third kappa shape index (κ3) is 5.56. The lowest BCUT2D eigenvalue weighted by atomic mass is 10.1. The molecule has 0 atom stereocenters. The van der Waals surface area contributed by atoms with Crippen LogP contribution in [0.3, 0.4) is 0 Å². The smallest absolute Gasteiger partial charge is 0.324 e. The predicted molar refractivity (Wildman–Crippen MR) is 93.4 cm³/mol. The molecular weight excluding hydrogens is 346 g/mol. The molecule has 0 aliphatic heterocycles. The van der Waals surface area contributed by atoms with Crippen molar-refractivity contribution in [3.8, 4) is 5.75 Å². The molecule has 0 unspecified atom stereocenters. The molecule has 8 nitrogen and oxygen atoms in total. The number of hydrogen-bond acceptors (Lipinski definition) is 6. The van der Waals surface area contributed by atoms with Gasteiger partial charge >= 0.3 is 16.5 Å². The highest BCUT2D eigenvalue weighted by molar-refractivity contribution is 7.61. The van der Waals surface area contributed by atoms with E-state index in [1.807, 2.05) is 13.8 Å². The molecular formula is C16H23N3O5S. The molecule has 0 heterocycles. The van der Waals surface area contributed by atoms with Crippen LogP contribution >= 0.6 is 0 Å². The normalized spacial score (nSPS) is 10.3. The van der Waals surface area contributed by atoms with E-state index in [0.717, 1.165) is 0 Å². The molecule has 0 aromatic heterocycles. The van der Waals surface area contributed by atoms with Gasteiger partial charge in [-0.05, 0) is 30.5 Å². The Kier molecular flexibility index (Phi) is 8.06. The van der Waals surface area contributed by atoms with E-state index in [1.165, 1.54) is 31.2 Å². The number of rotatable bonds is 7. The Balaban J connectivity index is 3.15. The highest BCUT2D eigenvalue weighted by atomic mass is 32.2. The van der Waals surface area contributed by atoms with E-state index in [0.29, 0.717) is 18.4 Å². The summed E-state index contributed by atoms with van der Waals surface area (Å²) in [4.78, 5) is 25.9. The molecule has 0 radical (unpaired) electrons. The maximum absolute atomic E-state index is 12.6. The first-order valence-electron chi connectivity index (χ1n) is 7.89. The van der Waals surface area contributed by atoms with Gasteiger partial charge in [0, 0.05) is 13.1 Å². The fourth-order valence-corrected chi connectivity index (χ4v) is 2.82. The fourth-order valence-electron chi connectivity index (χ4n) is 2.51. The standard InChI is InChI=1S/C16H23N3O5S/c1-5-12(6-2)19(16(21)17-3)15(20)10-11-7-8-14(24-4)13(9-11)18-25(22)23/h7-9,12H,5-6,10H2,1-4H3,(H,17,21). The van der Waals surface area contributed by atoms with E-state index in [4.69, 9.17) is 4.74 Å². The number of imide groups is 1. The number of nitrogens with one attached hydrogen (secondary N) is 1. The molecule has 0 saturated carbocycles. The quantitative estimate of drug-likeness (QED) is 0.794. The monoisotopic (exact) mass is 369 g/mol. The number of carbonyl (C=O) groups is 2. The summed E-state index contributed by atoms with van der Waals surface area (Å²) in [6, 6.07) is 3.97. The average molecular weight is 369 g/mol. The number of amides is 3. The molecule has 25 heavy (non-hydrogen) atoms. The Labute approximate surface area is 148 Å². The van der Waals surface area contributed by atoms with Gasteiger partial charge in [-0.15, -0.1) is 4.36 Å². The van der Waals surface area contributed by atoms with E-state index in [2.05, 4.69) is 9.68 Å². The van der Waals surface area contributed by atoms with Crippen LogP contribution in [0.25, 0.3) is 0 Å². The van der Waals surface area contributed by atoms with Crippen molar-refractivity contribution in [2.75, 3.05) is 14.2 Å². The van der Waals surface area contributed by atoms with Gasteiger partial charge in [-0.2, -0.15) is 8.42 Å². The second-order valence-corrected chi connectivity index (χ2v) is 5.90. The zero-order valence-electron chi connectivity index (χ0n) is 14.8. The van der Waals surface area contributed by atoms with Gasteiger partial charge in [-0.25, -0.2) is 4.79 Å². The second kappa shape index (κ2) is 9.77. The first kappa shape index (κ1) is 20.6. The number of hydrogen-bond donors (Lipinski definition) is 1. The van der Waals surface area contributed by atoms with Crippen molar-refractivity contribution in [2.45, 2.75) is 39.2 Å². The highest BCUT2D eigenvalue weighted by Crippen LogP contribution is 2.28. The molecule has 0 bridgehead atoms. The summed E-state index contributed by atoms with van der Waals surface area (Å²) < 4.78 is 30.2. The van der Waals surface area contributed by atoms with Crippen LogP contribution in [0.5, 0.6) is 5.75 Å². The topological polar surface area (TPSA) is 105 Å². The molecule has 9 heteroatoms. The lowest BCUT2D eigenvalue weighted by molar-refractivity contribution is -0.129. The minimum absolute atomic E-state index is 0.0536. The van der Waals surface area contributed by atoms with Crippen molar-refractivity contribution in [1.82, 2.24) is 10.2 Å². The van der Waals surface area contributed by atoms with Gasteiger partial charge in [-0.3, -0.25) is 9.69 Å². The van der Waals surface area contributed by atoms with Gasteiger partial charge in [0.15, 0.2) is 0 Å². The predicted octanol–water partition coefficient (Wildman–Crippen LogP) is 2.29. The van der Waals surface area contributed by atoms with E-state index in [-0.39, 0.29) is 29.8 Å². The van der Waals surface area contributed by atoms with Crippen LogP contribution in [0.1, 0.15) is 32.3 Å². The highest BCUT2D eigenvalue weighted by Gasteiger charge is 2.27. The molecule has 0 aliphatic carbocycles. The minimum Gasteiger partial charge on any atom is -0.494 e. The Bertz CT molecular complexity index is 749. The SMILES string of the molecule is CCC(CC)N(C(=O)Cc1ccc(OC)c(N=S(=O)=O)c1)C(=O)NC. The summed E-state index contributed by atoms with van der Waals surface area (Å²) in [5, 5.41) is 2.48. The second-order valence-electron chi connectivity index (χ2n) is 5.28. The van der Waals surface area contributed by atoms with Crippen molar-refractivity contribution in [1.29, 1.82) is 0 Å². The van der Waals surface area contributed by atoms with Crippen LogP contribution in [-0.4, -0.2) is 45.5 Å². The number of nitrogens with zero attached hydrogens (tertiary/aromatic N) is 2. The average Bonchev–Trinajstić information content (AvgIpc) is 2.58. The molecule has 138 valence electrons. The van der Waals surface area contributed by atoms with Crippen LogP contribution < -0.4 is 10.1 Å². The number of benzene rings is 1. The number of urea groups is 1. The van der Waals surface area contributed by atoms with Gasteiger partial charge in [-0.1, -0.05) is 19.9 Å². The molecule has 0 saturated heterocycles. The third-order valence-electron chi connectivity index (χ3n) is 3.78. The summed E-state index contributed by atoms with van der Waals surface area (Å²) in [5.41, 5.74) is 0.644. The van der Waals surface area contributed by atoms with Crippen LogP contribution in [0, 0.1) is 0 Å². The number of methoxy groups -OCH3 is 1. The largest absolute Gasteiger partial charge is 0.494 e. The van der Waals surface area contributed by atoms with Gasteiger partial charge in [0.1, 0.15) is 11.4 Å². The molecule has 1 rings (SSSR count). The van der Waals surface area contributed by atoms with Crippen LogP contribution in [0.4, 0.5) is 10.5 Å². The Morgan fingerprint density at radius 1 is 1.28 bits per heavy atom. The minimum atomic E-state index is -2.64. The van der Waals surface area contributed by atoms with E-state index < -0.39 is 16.5 Å². The van der Waals surface area contributed by atoms with Crippen molar-refractivity contribution in [3.63, 3.8) is 0 Å². The summed E-state index contributed by atoms with van der Waals surface area (Å²) in [7, 11) is 0.226. The first-order chi connectivity index (χ1) is 11.9. The van der Waals surface area contributed by atoms with Gasteiger partial charge in [0.2, 0.25) is 5.91 Å². The lowest BCUT2D eigenvalue weighted by Gasteiger charge is -2.28. The van der Waals surface area contributed by atoms with Crippen LogP contribution in [0.2, 0.25) is 0 Å². The summed E-state index contributed by atoms with van der Waals surface area (Å²) in [6.45, 7) is 3.82. The first-order valence-corrected chi connectivity index (χ1v) is 8.92. The maximum Gasteiger partial charge on any atom is 0.324 e. The van der Waals surface area contributed by atoms with Gasteiger partial charge in [0.25, 0.3) is 0 Å². The zero-order valence-corrected chi connectivity index (χ0v) is 15.6. The molecule has 0 aliphatic rings. The van der Waals surface area contributed by atoms with E-state index in [1.54, 1.807) is 6.07 Å². The molecule has 1 aromatic rings. The number of ether oxygens (including phenoxy) is 1. The zero-order chi connectivity index (χ0) is 19.0. The van der Waals surface area contributed by atoms with Gasteiger partial charge in [0.05, 0.1) is 13.5 Å². The molecule has 1 aromatic carbocycles. The molecule has 0 spiro atoms. The summed E-state index contributed by atoms with van der Waals surface area (Å²) in [6.07, 6.45) is 1.24. The molecule has 3 amide bonds. The van der Waals surface area contributed by atoms with Crippen molar-refractivity contribution in [3.05, 3.63) is 23.8 Å². The van der Waals surface area contributed by atoms with E-state index in [9.17, 15) is 18.0 Å². The number of carbonyl (C=O) groups excluding carboxylic acids is 2. The van der Waals surface area contributed by atoms with Crippen molar-refractivity contribution < 1.29 is 22.7 Å². The van der Waals surface area contributed by atoms with Gasteiger partial charge < -0.3 is 10.1 Å². The Morgan fingerprint density at radius 3 is 2.40 bits per heavy atom. The van der Waals surface area contributed by atoms with Crippen molar-refractivity contribution in [2.24, 2.45) is 4.36 Å². The summed E-state index contributed by atoms with van der Waals surface area (Å²) >= 11 is 0. The third-order valence-corrected chi connectivity index (χ3v) is 4.13. The molecule has 0 fully saturated rings. The molecule has 1 N–H and O–H groups in total. The van der Waals surface area contributed by atoms with Crippen molar-refractivity contribution >= 4 is 28.1 Å². The Hall–Kier alpha value is -2.42. The van der Waals surface area contributed by atoms with E-state index >= 15 is 0 Å².